The number of hydrogen-bond donors (Lipinski definition) is 1. The van der Waals surface area contributed by atoms with Crippen molar-refractivity contribution in [3.63, 3.8) is 0 Å². The molecule has 0 fully saturated rings. The van der Waals surface area contributed by atoms with E-state index in [1.54, 1.807) is 12.3 Å². The fourth-order valence-corrected chi connectivity index (χ4v) is 1.64. The Bertz CT molecular complexity index is 546. The van der Waals surface area contributed by atoms with E-state index in [-0.39, 0.29) is 0 Å². The topological polar surface area (TPSA) is 56.3 Å². The number of rotatable bonds is 7. The molecule has 20 heavy (non-hydrogen) atoms. The van der Waals surface area contributed by atoms with E-state index < -0.39 is 0 Å². The Morgan fingerprint density at radius 2 is 1.90 bits per heavy atom. The van der Waals surface area contributed by atoms with Gasteiger partial charge in [-0.25, -0.2) is 4.98 Å². The molecule has 0 saturated carbocycles. The molecule has 5 heteroatoms. The van der Waals surface area contributed by atoms with Gasteiger partial charge in [0, 0.05) is 18.8 Å². The molecule has 0 saturated heterocycles. The lowest BCUT2D eigenvalue weighted by Crippen LogP contribution is -2.04. The highest BCUT2D eigenvalue weighted by Crippen LogP contribution is 2.30. The van der Waals surface area contributed by atoms with Crippen LogP contribution in [0.15, 0.2) is 36.5 Å². The van der Waals surface area contributed by atoms with Gasteiger partial charge < -0.3 is 14.8 Å². The molecule has 0 aliphatic carbocycles. The smallest absolute Gasteiger partial charge is 0.225 e. The van der Waals surface area contributed by atoms with Crippen LogP contribution in [-0.4, -0.2) is 23.1 Å². The fourth-order valence-electron chi connectivity index (χ4n) is 1.64. The Balaban J connectivity index is 2.13. The van der Waals surface area contributed by atoms with Crippen LogP contribution in [0.4, 0.5) is 5.95 Å². The van der Waals surface area contributed by atoms with E-state index in [2.05, 4.69) is 22.2 Å². The first-order valence-electron chi connectivity index (χ1n) is 6.80. The summed E-state index contributed by atoms with van der Waals surface area (Å²) in [7, 11) is 0. The molecule has 1 aromatic heterocycles. The van der Waals surface area contributed by atoms with Crippen LogP contribution in [-0.2, 0) is 0 Å². The van der Waals surface area contributed by atoms with Gasteiger partial charge in [0.15, 0.2) is 11.5 Å². The van der Waals surface area contributed by atoms with Crippen molar-refractivity contribution in [3.8, 4) is 17.4 Å². The third-order valence-electron chi connectivity index (χ3n) is 2.53. The van der Waals surface area contributed by atoms with Crippen molar-refractivity contribution in [1.29, 1.82) is 0 Å². The van der Waals surface area contributed by atoms with Crippen LogP contribution in [0.3, 0.4) is 0 Å². The zero-order valence-electron chi connectivity index (χ0n) is 11.8. The molecule has 1 heterocycles. The minimum absolute atomic E-state index is 0.491. The zero-order valence-corrected chi connectivity index (χ0v) is 11.8. The quantitative estimate of drug-likeness (QED) is 0.836. The van der Waals surface area contributed by atoms with Gasteiger partial charge in [0.1, 0.15) is 0 Å². The summed E-state index contributed by atoms with van der Waals surface area (Å²) in [5, 5.41) is 3.13. The molecule has 1 N–H and O–H groups in total. The van der Waals surface area contributed by atoms with Crippen molar-refractivity contribution in [2.24, 2.45) is 0 Å². The largest absolute Gasteiger partial charge is 0.490 e. The minimum Gasteiger partial charge on any atom is -0.490 e. The monoisotopic (exact) mass is 273 g/mol. The van der Waals surface area contributed by atoms with Crippen LogP contribution in [0.5, 0.6) is 17.4 Å². The lowest BCUT2D eigenvalue weighted by Gasteiger charge is -2.11. The number of anilines is 1. The van der Waals surface area contributed by atoms with E-state index in [9.17, 15) is 0 Å². The van der Waals surface area contributed by atoms with Gasteiger partial charge in [0.05, 0.1) is 6.61 Å². The lowest BCUT2D eigenvalue weighted by atomic mass is 10.3. The molecule has 0 radical (unpaired) electrons. The number of benzene rings is 1. The van der Waals surface area contributed by atoms with Crippen LogP contribution >= 0.6 is 0 Å². The number of nitrogens with one attached hydrogen (secondary N) is 1. The highest BCUT2D eigenvalue weighted by molar-refractivity contribution is 5.42. The van der Waals surface area contributed by atoms with Gasteiger partial charge in [-0.1, -0.05) is 19.1 Å². The maximum atomic E-state index is 5.77. The predicted molar refractivity (Wildman–Crippen MR) is 78.5 cm³/mol. The molecule has 5 nitrogen and oxygen atoms in total. The SMILES string of the molecule is CCCNc1nccc(Oc2ccccc2OCC)n1. The number of ether oxygens (including phenoxy) is 2. The Labute approximate surface area is 119 Å². The van der Waals surface area contributed by atoms with Gasteiger partial charge in [-0.15, -0.1) is 0 Å². The van der Waals surface area contributed by atoms with Gasteiger partial charge >= 0.3 is 0 Å². The Morgan fingerprint density at radius 3 is 2.65 bits per heavy atom. The van der Waals surface area contributed by atoms with Crippen LogP contribution in [0.25, 0.3) is 0 Å². The van der Waals surface area contributed by atoms with Crippen LogP contribution < -0.4 is 14.8 Å². The highest BCUT2D eigenvalue weighted by atomic mass is 16.5. The van der Waals surface area contributed by atoms with Crippen LogP contribution in [0.1, 0.15) is 20.3 Å². The van der Waals surface area contributed by atoms with Gasteiger partial charge in [-0.3, -0.25) is 0 Å². The Kier molecular flexibility index (Phi) is 5.17. The Morgan fingerprint density at radius 1 is 1.10 bits per heavy atom. The molecule has 1 aromatic carbocycles. The third kappa shape index (κ3) is 3.85. The number of aromatic nitrogens is 2. The average molecular weight is 273 g/mol. The molecule has 2 rings (SSSR count). The van der Waals surface area contributed by atoms with E-state index >= 15 is 0 Å². The molecule has 0 atom stereocenters. The summed E-state index contributed by atoms with van der Waals surface area (Å²) in [5.74, 6) is 2.41. The maximum absolute atomic E-state index is 5.77. The summed E-state index contributed by atoms with van der Waals surface area (Å²) in [6.45, 7) is 5.45. The standard InChI is InChI=1S/C15H19N3O2/c1-3-10-16-15-17-11-9-14(18-15)20-13-8-6-5-7-12(13)19-4-2/h5-9,11H,3-4,10H2,1-2H3,(H,16,17,18). The molecule has 0 unspecified atom stereocenters. The van der Waals surface area contributed by atoms with Gasteiger partial charge in [-0.05, 0) is 25.5 Å². The second-order valence-corrected chi connectivity index (χ2v) is 4.13. The fraction of sp³-hybridized carbons (Fsp3) is 0.333. The second-order valence-electron chi connectivity index (χ2n) is 4.13. The molecule has 106 valence electrons. The number of para-hydroxylation sites is 2. The van der Waals surface area contributed by atoms with Gasteiger partial charge in [0.25, 0.3) is 0 Å². The highest BCUT2D eigenvalue weighted by Gasteiger charge is 2.06. The summed E-state index contributed by atoms with van der Waals surface area (Å²) in [6.07, 6.45) is 2.69. The van der Waals surface area contributed by atoms with E-state index in [4.69, 9.17) is 9.47 Å². The van der Waals surface area contributed by atoms with Crippen LogP contribution in [0.2, 0.25) is 0 Å². The zero-order chi connectivity index (χ0) is 14.2. The molecule has 0 bridgehead atoms. The molecule has 0 aliphatic heterocycles. The van der Waals surface area contributed by atoms with E-state index in [0.717, 1.165) is 13.0 Å². The summed E-state index contributed by atoms with van der Waals surface area (Å²) in [6, 6.07) is 9.25. The van der Waals surface area contributed by atoms with Crippen molar-refractivity contribution in [3.05, 3.63) is 36.5 Å². The van der Waals surface area contributed by atoms with Gasteiger partial charge in [-0.2, -0.15) is 4.98 Å². The third-order valence-corrected chi connectivity index (χ3v) is 2.53. The maximum Gasteiger partial charge on any atom is 0.225 e. The van der Waals surface area contributed by atoms with Crippen molar-refractivity contribution in [2.75, 3.05) is 18.5 Å². The number of nitrogens with zero attached hydrogens (tertiary/aromatic N) is 2. The Hall–Kier alpha value is -2.30. The first-order chi connectivity index (χ1) is 9.83. The van der Waals surface area contributed by atoms with Gasteiger partial charge in [0.2, 0.25) is 11.8 Å². The van der Waals surface area contributed by atoms with E-state index in [0.29, 0.717) is 29.9 Å². The summed E-state index contributed by atoms with van der Waals surface area (Å²) >= 11 is 0. The molecular formula is C15H19N3O2. The predicted octanol–water partition coefficient (Wildman–Crippen LogP) is 3.49. The van der Waals surface area contributed by atoms with E-state index in [1.165, 1.54) is 0 Å². The molecular weight excluding hydrogens is 254 g/mol. The van der Waals surface area contributed by atoms with Crippen molar-refractivity contribution < 1.29 is 9.47 Å². The van der Waals surface area contributed by atoms with Crippen molar-refractivity contribution in [2.45, 2.75) is 20.3 Å². The minimum atomic E-state index is 0.491. The summed E-state index contributed by atoms with van der Waals surface area (Å²) in [4.78, 5) is 8.45. The molecule has 0 aliphatic rings. The summed E-state index contributed by atoms with van der Waals surface area (Å²) in [5.41, 5.74) is 0. The van der Waals surface area contributed by atoms with Crippen molar-refractivity contribution in [1.82, 2.24) is 9.97 Å². The van der Waals surface area contributed by atoms with Crippen molar-refractivity contribution >= 4 is 5.95 Å². The molecule has 2 aromatic rings. The normalized spacial score (nSPS) is 10.1. The second kappa shape index (κ2) is 7.33. The van der Waals surface area contributed by atoms with E-state index in [1.807, 2.05) is 31.2 Å². The molecule has 0 amide bonds. The van der Waals surface area contributed by atoms with Crippen LogP contribution in [0, 0.1) is 0 Å². The summed E-state index contributed by atoms with van der Waals surface area (Å²) < 4.78 is 11.3. The molecule has 0 spiro atoms. The lowest BCUT2D eigenvalue weighted by molar-refractivity contribution is 0.319. The first kappa shape index (κ1) is 14.1. The number of hydrogen-bond acceptors (Lipinski definition) is 5. The first-order valence-corrected chi connectivity index (χ1v) is 6.80. The average Bonchev–Trinajstić information content (AvgIpc) is 2.48.